The lowest BCUT2D eigenvalue weighted by molar-refractivity contribution is 0.0460. The largest absolute Gasteiger partial charge is 0.477 e. The number of aromatic carboxylic acids is 1. The van der Waals surface area contributed by atoms with Crippen LogP contribution in [0.1, 0.15) is 9.67 Å². The quantitative estimate of drug-likeness (QED) is 0.859. The van der Waals surface area contributed by atoms with Crippen LogP contribution in [0.4, 0.5) is 0 Å². The highest BCUT2D eigenvalue weighted by Gasteiger charge is 2.19. The highest BCUT2D eigenvalue weighted by Crippen LogP contribution is 2.33. The first-order valence-corrected chi connectivity index (χ1v) is 6.43. The average molecular weight is 300 g/mol. The normalized spacial score (nSPS) is 10.4. The van der Waals surface area contributed by atoms with E-state index in [-0.39, 0.29) is 17.6 Å². The number of hydrogen-bond acceptors (Lipinski definition) is 5. The molecule has 19 heavy (non-hydrogen) atoms. The van der Waals surface area contributed by atoms with E-state index in [9.17, 15) is 4.79 Å². The first kappa shape index (κ1) is 13.8. The SMILES string of the molecule is COCOc1nc(-c2ccc(Cl)cc2)sc1C(=O)O. The number of hydrogen-bond donors (Lipinski definition) is 1. The van der Waals surface area contributed by atoms with E-state index in [1.54, 1.807) is 24.3 Å². The van der Waals surface area contributed by atoms with Gasteiger partial charge in [0.2, 0.25) is 5.88 Å². The van der Waals surface area contributed by atoms with Gasteiger partial charge in [0.15, 0.2) is 11.7 Å². The molecule has 0 saturated heterocycles. The summed E-state index contributed by atoms with van der Waals surface area (Å²) in [6.45, 7) is -0.0515. The van der Waals surface area contributed by atoms with E-state index in [4.69, 9.17) is 26.2 Å². The number of carbonyl (C=O) groups is 1. The molecule has 0 amide bonds. The third-order valence-electron chi connectivity index (χ3n) is 2.19. The Kier molecular flexibility index (Phi) is 4.36. The highest BCUT2D eigenvalue weighted by atomic mass is 35.5. The van der Waals surface area contributed by atoms with Crippen LogP contribution in [0, 0.1) is 0 Å². The van der Waals surface area contributed by atoms with E-state index in [2.05, 4.69) is 4.98 Å². The Labute approximate surface area is 118 Å². The number of methoxy groups -OCH3 is 1. The van der Waals surface area contributed by atoms with Gasteiger partial charge in [-0.25, -0.2) is 9.78 Å². The predicted octanol–water partition coefficient (Wildman–Crippen LogP) is 3.14. The smallest absolute Gasteiger partial charge is 0.351 e. The molecule has 0 aliphatic heterocycles. The van der Waals surface area contributed by atoms with Gasteiger partial charge in [0, 0.05) is 17.7 Å². The number of nitrogens with zero attached hydrogens (tertiary/aromatic N) is 1. The minimum atomic E-state index is -1.08. The molecule has 1 heterocycles. The van der Waals surface area contributed by atoms with Crippen molar-refractivity contribution < 1.29 is 19.4 Å². The van der Waals surface area contributed by atoms with Crippen molar-refractivity contribution in [2.45, 2.75) is 0 Å². The fourth-order valence-electron chi connectivity index (χ4n) is 1.37. The molecule has 0 aliphatic rings. The number of rotatable bonds is 5. The van der Waals surface area contributed by atoms with Gasteiger partial charge in [0.25, 0.3) is 0 Å². The lowest BCUT2D eigenvalue weighted by Gasteiger charge is -2.00. The maximum Gasteiger partial charge on any atom is 0.351 e. The van der Waals surface area contributed by atoms with Crippen LogP contribution in [-0.2, 0) is 4.74 Å². The number of halogens is 1. The van der Waals surface area contributed by atoms with Gasteiger partial charge in [-0.15, -0.1) is 11.3 Å². The summed E-state index contributed by atoms with van der Waals surface area (Å²) < 4.78 is 9.89. The van der Waals surface area contributed by atoms with Crippen LogP contribution in [0.5, 0.6) is 5.88 Å². The van der Waals surface area contributed by atoms with E-state index in [1.807, 2.05) is 0 Å². The molecule has 0 aliphatic carbocycles. The predicted molar refractivity (Wildman–Crippen MR) is 72.0 cm³/mol. The van der Waals surface area contributed by atoms with Gasteiger partial charge >= 0.3 is 5.97 Å². The van der Waals surface area contributed by atoms with Gasteiger partial charge in [0.1, 0.15) is 5.01 Å². The fourth-order valence-corrected chi connectivity index (χ4v) is 2.35. The van der Waals surface area contributed by atoms with Gasteiger partial charge in [-0.2, -0.15) is 0 Å². The van der Waals surface area contributed by atoms with Crippen molar-refractivity contribution in [2.75, 3.05) is 13.9 Å². The molecule has 5 nitrogen and oxygen atoms in total. The number of thiazole rings is 1. The summed E-state index contributed by atoms with van der Waals surface area (Å²) in [6.07, 6.45) is 0. The zero-order valence-electron chi connectivity index (χ0n) is 9.92. The van der Waals surface area contributed by atoms with Crippen LogP contribution in [-0.4, -0.2) is 30.0 Å². The van der Waals surface area contributed by atoms with Crippen molar-refractivity contribution in [1.82, 2.24) is 4.98 Å². The molecule has 0 atom stereocenters. The second-order valence-corrected chi connectivity index (χ2v) is 4.95. The van der Waals surface area contributed by atoms with Crippen LogP contribution in [0.3, 0.4) is 0 Å². The summed E-state index contributed by atoms with van der Waals surface area (Å²) in [5.41, 5.74) is 0.782. The number of benzene rings is 1. The van der Waals surface area contributed by atoms with Gasteiger partial charge < -0.3 is 14.6 Å². The molecular formula is C12H10ClNO4S. The third-order valence-corrected chi connectivity index (χ3v) is 3.52. The van der Waals surface area contributed by atoms with Gasteiger partial charge in [-0.1, -0.05) is 23.7 Å². The second-order valence-electron chi connectivity index (χ2n) is 3.52. The highest BCUT2D eigenvalue weighted by molar-refractivity contribution is 7.17. The molecule has 0 bridgehead atoms. The lowest BCUT2D eigenvalue weighted by Crippen LogP contribution is -2.03. The number of carboxylic acid groups (broad SMARTS) is 1. The molecule has 2 rings (SSSR count). The molecule has 0 radical (unpaired) electrons. The van der Waals surface area contributed by atoms with Crippen molar-refractivity contribution in [3.63, 3.8) is 0 Å². The van der Waals surface area contributed by atoms with Crippen LogP contribution in [0.15, 0.2) is 24.3 Å². The Morgan fingerprint density at radius 3 is 2.68 bits per heavy atom. The molecule has 1 aromatic carbocycles. The maximum absolute atomic E-state index is 11.1. The first-order valence-electron chi connectivity index (χ1n) is 5.23. The summed E-state index contributed by atoms with van der Waals surface area (Å²) >= 11 is 6.84. The van der Waals surface area contributed by atoms with Gasteiger partial charge in [0.05, 0.1) is 0 Å². The van der Waals surface area contributed by atoms with E-state index in [0.717, 1.165) is 16.9 Å². The number of aromatic nitrogens is 1. The van der Waals surface area contributed by atoms with E-state index in [0.29, 0.717) is 10.0 Å². The minimum absolute atomic E-state index is 0.0435. The molecule has 0 unspecified atom stereocenters. The van der Waals surface area contributed by atoms with Crippen molar-refractivity contribution in [1.29, 1.82) is 0 Å². The van der Waals surface area contributed by atoms with E-state index < -0.39 is 5.97 Å². The molecule has 0 fully saturated rings. The molecule has 0 spiro atoms. The first-order chi connectivity index (χ1) is 9.11. The topological polar surface area (TPSA) is 68.7 Å². The molecule has 1 aromatic heterocycles. The second kappa shape index (κ2) is 6.01. The third kappa shape index (κ3) is 3.23. The molecule has 0 saturated carbocycles. The van der Waals surface area contributed by atoms with Crippen molar-refractivity contribution in [3.05, 3.63) is 34.2 Å². The molecular weight excluding hydrogens is 290 g/mol. The Bertz CT molecular complexity index is 582. The average Bonchev–Trinajstić information content (AvgIpc) is 2.81. The Morgan fingerprint density at radius 2 is 2.11 bits per heavy atom. The number of ether oxygens (including phenoxy) is 2. The lowest BCUT2D eigenvalue weighted by atomic mass is 10.2. The van der Waals surface area contributed by atoms with Crippen LogP contribution in [0.2, 0.25) is 5.02 Å². The summed E-state index contributed by atoms with van der Waals surface area (Å²) in [5.74, 6) is -1.02. The summed E-state index contributed by atoms with van der Waals surface area (Å²) in [6, 6.07) is 6.97. The number of carboxylic acids is 1. The molecule has 7 heteroatoms. The van der Waals surface area contributed by atoms with Crippen LogP contribution in [0.25, 0.3) is 10.6 Å². The fraction of sp³-hybridized carbons (Fsp3) is 0.167. The molecule has 1 N–H and O–H groups in total. The molecule has 2 aromatic rings. The minimum Gasteiger partial charge on any atom is -0.477 e. The van der Waals surface area contributed by atoms with Gasteiger partial charge in [-0.3, -0.25) is 0 Å². The summed E-state index contributed by atoms with van der Waals surface area (Å²) in [4.78, 5) is 15.3. The van der Waals surface area contributed by atoms with Crippen LogP contribution >= 0.6 is 22.9 Å². The van der Waals surface area contributed by atoms with Crippen LogP contribution < -0.4 is 4.74 Å². The Hall–Kier alpha value is -1.63. The van der Waals surface area contributed by atoms with E-state index >= 15 is 0 Å². The Morgan fingerprint density at radius 1 is 1.42 bits per heavy atom. The zero-order valence-corrected chi connectivity index (χ0v) is 11.5. The zero-order chi connectivity index (χ0) is 13.8. The maximum atomic E-state index is 11.1. The standard InChI is InChI=1S/C12H10ClNO4S/c1-17-6-18-10-9(12(15)16)19-11(14-10)7-2-4-8(13)5-3-7/h2-5H,6H2,1H3,(H,15,16). The summed E-state index contributed by atoms with van der Waals surface area (Å²) in [7, 11) is 1.45. The van der Waals surface area contributed by atoms with Crippen molar-refractivity contribution in [2.24, 2.45) is 0 Å². The monoisotopic (exact) mass is 299 g/mol. The van der Waals surface area contributed by atoms with Gasteiger partial charge in [-0.05, 0) is 12.1 Å². The van der Waals surface area contributed by atoms with Crippen molar-refractivity contribution >= 4 is 28.9 Å². The Balaban J connectivity index is 2.36. The summed E-state index contributed by atoms with van der Waals surface area (Å²) in [5, 5.41) is 10.3. The molecule has 100 valence electrons. The van der Waals surface area contributed by atoms with Crippen molar-refractivity contribution in [3.8, 4) is 16.5 Å². The van der Waals surface area contributed by atoms with E-state index in [1.165, 1.54) is 7.11 Å².